The van der Waals surface area contributed by atoms with Crippen molar-refractivity contribution < 1.29 is 14.7 Å². The van der Waals surface area contributed by atoms with Crippen LogP contribution < -0.4 is 5.32 Å². The molecular formula is C11H16N2O3. The lowest BCUT2D eigenvalue weighted by Crippen LogP contribution is -2.50. The number of carbonyl (C=O) groups excluding carboxylic acids is 2. The van der Waals surface area contributed by atoms with E-state index in [4.69, 9.17) is 5.11 Å². The fourth-order valence-electron chi connectivity index (χ4n) is 3.12. The molecule has 2 aliphatic heterocycles. The number of nitrogens with one attached hydrogen (secondary N) is 1. The van der Waals surface area contributed by atoms with Crippen LogP contribution in [0.4, 0.5) is 0 Å². The summed E-state index contributed by atoms with van der Waals surface area (Å²) in [6, 6.07) is 0.0425. The smallest absolute Gasteiger partial charge is 0.233 e. The van der Waals surface area contributed by atoms with Crippen molar-refractivity contribution in [3.63, 3.8) is 0 Å². The van der Waals surface area contributed by atoms with Crippen molar-refractivity contribution in [1.82, 2.24) is 10.2 Å². The van der Waals surface area contributed by atoms with Crippen molar-refractivity contribution in [2.75, 3.05) is 19.7 Å². The first kappa shape index (κ1) is 10.2. The summed E-state index contributed by atoms with van der Waals surface area (Å²) in [5.41, 5.74) is 0. The zero-order valence-corrected chi connectivity index (χ0v) is 9.06. The number of carbonyl (C=O) groups is 2. The first-order valence-electron chi connectivity index (χ1n) is 5.94. The third kappa shape index (κ3) is 1.25. The van der Waals surface area contributed by atoms with Gasteiger partial charge in [0.1, 0.15) is 0 Å². The Labute approximate surface area is 93.8 Å². The lowest BCUT2D eigenvalue weighted by atomic mass is 10.1. The molecule has 2 N–H and O–H groups in total. The van der Waals surface area contributed by atoms with Gasteiger partial charge in [0.05, 0.1) is 17.9 Å². The molecule has 16 heavy (non-hydrogen) atoms. The number of hydrogen-bond acceptors (Lipinski definition) is 4. The summed E-state index contributed by atoms with van der Waals surface area (Å²) in [7, 11) is 0. The van der Waals surface area contributed by atoms with Crippen LogP contribution in [0.3, 0.4) is 0 Å². The summed E-state index contributed by atoms with van der Waals surface area (Å²) in [4.78, 5) is 25.4. The molecule has 3 unspecified atom stereocenters. The van der Waals surface area contributed by atoms with E-state index in [1.54, 1.807) is 0 Å². The molecule has 3 aliphatic rings. The van der Waals surface area contributed by atoms with Crippen LogP contribution in [-0.2, 0) is 9.59 Å². The number of imide groups is 1. The minimum Gasteiger partial charge on any atom is -0.396 e. The molecule has 0 aromatic heterocycles. The van der Waals surface area contributed by atoms with Crippen LogP contribution in [0.5, 0.6) is 0 Å². The van der Waals surface area contributed by atoms with Crippen LogP contribution in [0.2, 0.25) is 0 Å². The van der Waals surface area contributed by atoms with Crippen LogP contribution in [0.15, 0.2) is 0 Å². The lowest BCUT2D eigenvalue weighted by Gasteiger charge is -2.31. The van der Waals surface area contributed by atoms with Gasteiger partial charge in [-0.3, -0.25) is 14.5 Å². The van der Waals surface area contributed by atoms with Crippen molar-refractivity contribution in [3.8, 4) is 0 Å². The third-order valence-electron chi connectivity index (χ3n) is 4.06. The summed E-state index contributed by atoms with van der Waals surface area (Å²) in [6.45, 7) is 1.66. The van der Waals surface area contributed by atoms with Crippen molar-refractivity contribution in [3.05, 3.63) is 0 Å². The van der Waals surface area contributed by atoms with Gasteiger partial charge in [-0.1, -0.05) is 0 Å². The van der Waals surface area contributed by atoms with Gasteiger partial charge in [-0.25, -0.2) is 0 Å². The molecule has 3 rings (SSSR count). The highest BCUT2D eigenvalue weighted by Gasteiger charge is 2.67. The van der Waals surface area contributed by atoms with Crippen molar-refractivity contribution in [2.24, 2.45) is 17.8 Å². The van der Waals surface area contributed by atoms with E-state index in [1.165, 1.54) is 4.90 Å². The van der Waals surface area contributed by atoms with Crippen molar-refractivity contribution in [2.45, 2.75) is 18.9 Å². The molecule has 0 radical (unpaired) electrons. The van der Waals surface area contributed by atoms with Gasteiger partial charge in [-0.05, 0) is 19.4 Å². The van der Waals surface area contributed by atoms with Crippen LogP contribution in [0.1, 0.15) is 12.8 Å². The van der Waals surface area contributed by atoms with E-state index in [9.17, 15) is 9.59 Å². The van der Waals surface area contributed by atoms with Gasteiger partial charge in [0.15, 0.2) is 0 Å². The van der Waals surface area contributed by atoms with Gasteiger partial charge < -0.3 is 10.4 Å². The number of nitrogens with zero attached hydrogens (tertiary/aromatic N) is 1. The molecule has 0 bridgehead atoms. The maximum Gasteiger partial charge on any atom is 0.233 e. The van der Waals surface area contributed by atoms with Gasteiger partial charge in [0.2, 0.25) is 11.8 Å². The normalized spacial score (nSPS) is 42.4. The molecule has 88 valence electrons. The Morgan fingerprint density at radius 2 is 2.00 bits per heavy atom. The van der Waals surface area contributed by atoms with E-state index in [1.807, 2.05) is 0 Å². The quantitative estimate of drug-likeness (QED) is 0.588. The Kier molecular flexibility index (Phi) is 2.26. The zero-order valence-electron chi connectivity index (χ0n) is 9.06. The molecule has 1 saturated carbocycles. The standard InChI is InChI=1S/C11H16N2O3/c14-5-7-8-9(7)11(16)13(10(8)15)6-2-1-3-12-4-6/h6-9,12,14H,1-5H2. The zero-order chi connectivity index (χ0) is 11.3. The average Bonchev–Trinajstić information content (AvgIpc) is 2.98. The number of fused-ring (bicyclic) bond motifs is 1. The van der Waals surface area contributed by atoms with E-state index >= 15 is 0 Å². The second kappa shape index (κ2) is 3.53. The Bertz CT molecular complexity index is 316. The fraction of sp³-hybridized carbons (Fsp3) is 0.818. The number of aliphatic hydroxyl groups is 1. The molecule has 0 aromatic carbocycles. The van der Waals surface area contributed by atoms with Crippen LogP contribution >= 0.6 is 0 Å². The Hall–Kier alpha value is -0.940. The number of hydrogen-bond donors (Lipinski definition) is 2. The predicted molar refractivity (Wildman–Crippen MR) is 55.3 cm³/mol. The van der Waals surface area contributed by atoms with Gasteiger partial charge in [-0.2, -0.15) is 0 Å². The molecule has 1 aliphatic carbocycles. The Morgan fingerprint density at radius 3 is 2.50 bits per heavy atom. The molecule has 3 fully saturated rings. The molecule has 0 spiro atoms. The van der Waals surface area contributed by atoms with E-state index < -0.39 is 0 Å². The van der Waals surface area contributed by atoms with E-state index in [0.717, 1.165) is 25.9 Å². The van der Waals surface area contributed by atoms with E-state index in [2.05, 4.69) is 5.32 Å². The summed E-state index contributed by atoms with van der Waals surface area (Å²) >= 11 is 0. The van der Waals surface area contributed by atoms with Crippen molar-refractivity contribution >= 4 is 11.8 Å². The van der Waals surface area contributed by atoms with Crippen LogP contribution in [0, 0.1) is 17.8 Å². The maximum absolute atomic E-state index is 12.0. The molecule has 2 saturated heterocycles. The highest BCUT2D eigenvalue weighted by atomic mass is 16.3. The first-order chi connectivity index (χ1) is 7.75. The molecule has 3 atom stereocenters. The second-order valence-electron chi connectivity index (χ2n) is 4.94. The SMILES string of the molecule is O=C1C2C(CO)C2C(=O)N1C1CCCNC1. The highest BCUT2D eigenvalue weighted by molar-refractivity contribution is 6.09. The molecule has 0 aromatic rings. The molecule has 5 nitrogen and oxygen atoms in total. The average molecular weight is 224 g/mol. The Morgan fingerprint density at radius 1 is 1.31 bits per heavy atom. The number of piperidine rings is 2. The Balaban J connectivity index is 1.74. The summed E-state index contributed by atoms with van der Waals surface area (Å²) < 4.78 is 0. The molecular weight excluding hydrogens is 208 g/mol. The summed E-state index contributed by atoms with van der Waals surface area (Å²) in [5, 5.41) is 12.2. The highest BCUT2D eigenvalue weighted by Crippen LogP contribution is 2.53. The van der Waals surface area contributed by atoms with E-state index in [0.29, 0.717) is 0 Å². The topological polar surface area (TPSA) is 69.6 Å². The van der Waals surface area contributed by atoms with E-state index in [-0.39, 0.29) is 42.2 Å². The number of aliphatic hydroxyl groups excluding tert-OH is 1. The van der Waals surface area contributed by atoms with Crippen LogP contribution in [0.25, 0.3) is 0 Å². The fourth-order valence-corrected chi connectivity index (χ4v) is 3.12. The summed E-state index contributed by atoms with van der Waals surface area (Å²) in [5.74, 6) is -0.614. The largest absolute Gasteiger partial charge is 0.396 e. The number of likely N-dealkylation sites (tertiary alicyclic amines) is 1. The minimum atomic E-state index is -0.209. The lowest BCUT2D eigenvalue weighted by molar-refractivity contribution is -0.145. The second-order valence-corrected chi connectivity index (χ2v) is 4.94. The van der Waals surface area contributed by atoms with Gasteiger partial charge >= 0.3 is 0 Å². The molecule has 2 heterocycles. The molecule has 5 heteroatoms. The van der Waals surface area contributed by atoms with Crippen molar-refractivity contribution in [1.29, 1.82) is 0 Å². The van der Waals surface area contributed by atoms with Gasteiger partial charge in [-0.15, -0.1) is 0 Å². The minimum absolute atomic E-state index is 0.0381. The first-order valence-corrected chi connectivity index (χ1v) is 5.94. The number of rotatable bonds is 2. The number of amides is 2. The predicted octanol–water partition coefficient (Wildman–Crippen LogP) is -1.04. The molecule has 2 amide bonds. The van der Waals surface area contributed by atoms with Gasteiger partial charge in [0.25, 0.3) is 0 Å². The monoisotopic (exact) mass is 224 g/mol. The third-order valence-corrected chi connectivity index (χ3v) is 4.06. The van der Waals surface area contributed by atoms with Crippen LogP contribution in [-0.4, -0.2) is 47.6 Å². The van der Waals surface area contributed by atoms with Gasteiger partial charge in [0, 0.05) is 19.1 Å². The summed E-state index contributed by atoms with van der Waals surface area (Å²) in [6.07, 6.45) is 1.92. The maximum atomic E-state index is 12.0.